The van der Waals surface area contributed by atoms with Gasteiger partial charge < -0.3 is 9.72 Å². The van der Waals surface area contributed by atoms with E-state index in [1.165, 1.54) is 0 Å². The van der Waals surface area contributed by atoms with E-state index in [9.17, 15) is 0 Å². The summed E-state index contributed by atoms with van der Waals surface area (Å²) in [6.45, 7) is 0.416. The third kappa shape index (κ3) is 3.22. The van der Waals surface area contributed by atoms with Crippen LogP contribution in [0.25, 0.3) is 22.4 Å². The molecule has 0 aliphatic rings. The lowest BCUT2D eigenvalue weighted by Crippen LogP contribution is -1.96. The van der Waals surface area contributed by atoms with Gasteiger partial charge in [-0.15, -0.1) is 0 Å². The van der Waals surface area contributed by atoms with Gasteiger partial charge in [0.2, 0.25) is 0 Å². The summed E-state index contributed by atoms with van der Waals surface area (Å²) in [5.74, 6) is 1.58. The van der Waals surface area contributed by atoms with Crippen LogP contribution >= 0.6 is 0 Å². The molecule has 0 aliphatic carbocycles. The number of benzene rings is 3. The minimum absolute atomic E-state index is 0.416. The lowest BCUT2D eigenvalue weighted by atomic mass is 10.1. The maximum atomic E-state index is 8.97. The summed E-state index contributed by atoms with van der Waals surface area (Å²) in [5, 5.41) is 8.97. The van der Waals surface area contributed by atoms with Crippen LogP contribution < -0.4 is 4.74 Å². The Balaban J connectivity index is 1.56. The maximum Gasteiger partial charge on any atom is 0.138 e. The highest BCUT2D eigenvalue weighted by atomic mass is 16.5. The Morgan fingerprint density at radius 2 is 1.84 bits per heavy atom. The fourth-order valence-corrected chi connectivity index (χ4v) is 2.72. The molecular weight excluding hydrogens is 310 g/mol. The average Bonchev–Trinajstić information content (AvgIpc) is 3.11. The van der Waals surface area contributed by atoms with Gasteiger partial charge >= 0.3 is 0 Å². The zero-order valence-electron chi connectivity index (χ0n) is 13.4. The summed E-state index contributed by atoms with van der Waals surface area (Å²) in [5.41, 5.74) is 4.53. The third-order valence-electron chi connectivity index (χ3n) is 3.96. The first-order valence-corrected chi connectivity index (χ1v) is 7.99. The highest BCUT2D eigenvalue weighted by Crippen LogP contribution is 2.24. The molecule has 0 fully saturated rings. The molecule has 1 heterocycles. The molecule has 4 aromatic rings. The Bertz CT molecular complexity index is 1040. The summed E-state index contributed by atoms with van der Waals surface area (Å²) in [7, 11) is 0. The zero-order chi connectivity index (χ0) is 17.1. The first-order chi connectivity index (χ1) is 12.3. The molecule has 25 heavy (non-hydrogen) atoms. The number of nitrogens with zero attached hydrogens (tertiary/aromatic N) is 2. The summed E-state index contributed by atoms with van der Waals surface area (Å²) in [6, 6.07) is 25.4. The summed E-state index contributed by atoms with van der Waals surface area (Å²) < 4.78 is 5.88. The van der Waals surface area contributed by atoms with Crippen molar-refractivity contribution in [1.82, 2.24) is 9.97 Å². The molecule has 3 aromatic carbocycles. The van der Waals surface area contributed by atoms with Crippen LogP contribution in [0.2, 0.25) is 0 Å². The smallest absolute Gasteiger partial charge is 0.138 e. The summed E-state index contributed by atoms with van der Waals surface area (Å²) in [6.07, 6.45) is 0. The number of rotatable bonds is 4. The second kappa shape index (κ2) is 6.50. The minimum atomic E-state index is 0.416. The van der Waals surface area contributed by atoms with Gasteiger partial charge in [-0.25, -0.2) is 4.98 Å². The second-order valence-electron chi connectivity index (χ2n) is 5.73. The molecule has 0 saturated heterocycles. The molecule has 4 nitrogen and oxygen atoms in total. The number of hydrogen-bond acceptors (Lipinski definition) is 3. The Morgan fingerprint density at radius 1 is 0.960 bits per heavy atom. The number of nitrogens with one attached hydrogen (secondary N) is 1. The van der Waals surface area contributed by atoms with Gasteiger partial charge in [-0.1, -0.05) is 36.4 Å². The highest BCUT2D eigenvalue weighted by Gasteiger charge is 2.06. The number of H-pyrrole nitrogens is 1. The largest absolute Gasteiger partial charge is 0.489 e. The van der Waals surface area contributed by atoms with E-state index in [-0.39, 0.29) is 0 Å². The molecule has 0 aliphatic heterocycles. The van der Waals surface area contributed by atoms with Crippen LogP contribution in [-0.2, 0) is 6.61 Å². The predicted octanol–water partition coefficient (Wildman–Crippen LogP) is 4.68. The molecule has 0 unspecified atom stereocenters. The van der Waals surface area contributed by atoms with Gasteiger partial charge in [0.1, 0.15) is 18.2 Å². The van der Waals surface area contributed by atoms with Crippen molar-refractivity contribution < 1.29 is 4.74 Å². The SMILES string of the molecule is N#Cc1cccc(COc2cccc(-c3nc4ccccc4[nH]3)c2)c1. The number of aromatic amines is 1. The molecule has 1 aromatic heterocycles. The van der Waals surface area contributed by atoms with Crippen molar-refractivity contribution in [3.8, 4) is 23.2 Å². The van der Waals surface area contributed by atoms with E-state index in [0.717, 1.165) is 33.7 Å². The van der Waals surface area contributed by atoms with E-state index in [1.807, 2.05) is 66.7 Å². The van der Waals surface area contributed by atoms with E-state index in [0.29, 0.717) is 12.2 Å². The normalized spacial score (nSPS) is 10.5. The maximum absolute atomic E-state index is 8.97. The second-order valence-corrected chi connectivity index (χ2v) is 5.73. The van der Waals surface area contributed by atoms with Gasteiger partial charge in [-0.05, 0) is 42.0 Å². The van der Waals surface area contributed by atoms with Crippen molar-refractivity contribution >= 4 is 11.0 Å². The first kappa shape index (κ1) is 15.0. The predicted molar refractivity (Wildman–Crippen MR) is 97.0 cm³/mol. The van der Waals surface area contributed by atoms with Crippen molar-refractivity contribution in [2.45, 2.75) is 6.61 Å². The number of imidazole rings is 1. The van der Waals surface area contributed by atoms with E-state index < -0.39 is 0 Å². The fourth-order valence-electron chi connectivity index (χ4n) is 2.72. The molecule has 0 atom stereocenters. The van der Waals surface area contributed by atoms with Crippen LogP contribution in [0.5, 0.6) is 5.75 Å². The summed E-state index contributed by atoms with van der Waals surface area (Å²) in [4.78, 5) is 7.94. The lowest BCUT2D eigenvalue weighted by molar-refractivity contribution is 0.306. The summed E-state index contributed by atoms with van der Waals surface area (Å²) >= 11 is 0. The van der Waals surface area contributed by atoms with Gasteiger partial charge in [0.15, 0.2) is 0 Å². The molecule has 0 radical (unpaired) electrons. The van der Waals surface area contributed by atoms with Crippen LogP contribution in [0.1, 0.15) is 11.1 Å². The molecule has 0 amide bonds. The van der Waals surface area contributed by atoms with Crippen molar-refractivity contribution in [3.63, 3.8) is 0 Å². The molecule has 4 heteroatoms. The number of hydrogen-bond donors (Lipinski definition) is 1. The number of fused-ring (bicyclic) bond motifs is 1. The van der Waals surface area contributed by atoms with Gasteiger partial charge in [-0.3, -0.25) is 0 Å². The van der Waals surface area contributed by atoms with Crippen molar-refractivity contribution in [3.05, 3.63) is 83.9 Å². The van der Waals surface area contributed by atoms with Gasteiger partial charge in [0.05, 0.1) is 22.7 Å². The van der Waals surface area contributed by atoms with Crippen molar-refractivity contribution in [2.75, 3.05) is 0 Å². The molecule has 0 bridgehead atoms. The molecule has 0 spiro atoms. The monoisotopic (exact) mass is 325 g/mol. The van der Waals surface area contributed by atoms with Gasteiger partial charge in [0, 0.05) is 5.56 Å². The van der Waals surface area contributed by atoms with E-state index in [4.69, 9.17) is 10.00 Å². The van der Waals surface area contributed by atoms with Crippen molar-refractivity contribution in [2.24, 2.45) is 0 Å². The molecule has 1 N–H and O–H groups in total. The van der Waals surface area contributed by atoms with Crippen LogP contribution in [0, 0.1) is 11.3 Å². The standard InChI is InChI=1S/C21H15N3O/c22-13-15-5-3-6-16(11-15)14-25-18-8-4-7-17(12-18)21-23-19-9-1-2-10-20(19)24-21/h1-12H,14H2,(H,23,24). The van der Waals surface area contributed by atoms with Gasteiger partial charge in [-0.2, -0.15) is 5.26 Å². The van der Waals surface area contributed by atoms with Crippen LogP contribution in [0.15, 0.2) is 72.8 Å². The number of aromatic nitrogens is 2. The van der Waals surface area contributed by atoms with E-state index >= 15 is 0 Å². The van der Waals surface area contributed by atoms with Crippen LogP contribution in [-0.4, -0.2) is 9.97 Å². The molecule has 120 valence electrons. The number of nitriles is 1. The molecular formula is C21H15N3O. The van der Waals surface area contributed by atoms with Crippen LogP contribution in [0.4, 0.5) is 0 Å². The third-order valence-corrected chi connectivity index (χ3v) is 3.96. The Kier molecular flexibility index (Phi) is 3.89. The van der Waals surface area contributed by atoms with E-state index in [1.54, 1.807) is 6.07 Å². The quantitative estimate of drug-likeness (QED) is 0.592. The van der Waals surface area contributed by atoms with Crippen LogP contribution in [0.3, 0.4) is 0 Å². The fraction of sp³-hybridized carbons (Fsp3) is 0.0476. The Labute approximate surface area is 145 Å². The van der Waals surface area contributed by atoms with Gasteiger partial charge in [0.25, 0.3) is 0 Å². The average molecular weight is 325 g/mol. The number of para-hydroxylation sites is 2. The van der Waals surface area contributed by atoms with Crippen molar-refractivity contribution in [1.29, 1.82) is 5.26 Å². The topological polar surface area (TPSA) is 61.7 Å². The van der Waals surface area contributed by atoms with E-state index in [2.05, 4.69) is 16.0 Å². The minimum Gasteiger partial charge on any atom is -0.489 e. The lowest BCUT2D eigenvalue weighted by Gasteiger charge is -2.07. The Hall–Kier alpha value is -3.58. The number of ether oxygens (including phenoxy) is 1. The zero-order valence-corrected chi connectivity index (χ0v) is 13.4. The molecule has 4 rings (SSSR count). The first-order valence-electron chi connectivity index (χ1n) is 7.99. The Morgan fingerprint density at radius 3 is 2.72 bits per heavy atom. The molecule has 0 saturated carbocycles. The highest BCUT2D eigenvalue weighted by molar-refractivity contribution is 5.79.